The third-order valence-electron chi connectivity index (χ3n) is 3.39. The number of aryl methyl sites for hydroxylation is 1. The van der Waals surface area contributed by atoms with Gasteiger partial charge in [-0.05, 0) is 12.1 Å². The summed E-state index contributed by atoms with van der Waals surface area (Å²) in [6.07, 6.45) is 3.58. The number of hydrogen-bond acceptors (Lipinski definition) is 4. The average molecular weight is 315 g/mol. The monoisotopic (exact) mass is 315 g/mol. The first kappa shape index (κ1) is 14.9. The summed E-state index contributed by atoms with van der Waals surface area (Å²) in [5.74, 6) is 0.350. The Morgan fingerprint density at radius 2 is 2.35 bits per heavy atom. The van der Waals surface area contributed by atoms with Crippen molar-refractivity contribution in [1.82, 2.24) is 14.7 Å². The number of nitrogens with one attached hydrogen (secondary N) is 2. The lowest BCUT2D eigenvalue weighted by Gasteiger charge is -2.20. The molecule has 8 heteroatoms. The largest absolute Gasteiger partial charge is 0.482 e. The number of aromatic nitrogens is 2. The van der Waals surface area contributed by atoms with Crippen LogP contribution in [0.25, 0.3) is 0 Å². The lowest BCUT2D eigenvalue weighted by Crippen LogP contribution is -2.31. The molecule has 1 aliphatic heterocycles. The molecule has 0 radical (unpaired) electrons. The van der Waals surface area contributed by atoms with Crippen LogP contribution in [0.3, 0.4) is 0 Å². The molecule has 0 atom stereocenters. The standard InChI is InChI=1S/C15H17N5O3/c1-19(7-10-6-16-20(2)8-10)15(22)17-11-3-4-12-13(5-11)23-9-14(21)18-12/h3-6,8H,7,9H2,1-2H3,(H,17,22)(H,18,21). The van der Waals surface area contributed by atoms with Crippen molar-refractivity contribution in [2.24, 2.45) is 7.05 Å². The van der Waals surface area contributed by atoms with Crippen LogP contribution >= 0.6 is 0 Å². The Morgan fingerprint density at radius 1 is 1.52 bits per heavy atom. The van der Waals surface area contributed by atoms with Gasteiger partial charge >= 0.3 is 6.03 Å². The maximum Gasteiger partial charge on any atom is 0.321 e. The highest BCUT2D eigenvalue weighted by Gasteiger charge is 2.17. The molecule has 120 valence electrons. The number of fused-ring (bicyclic) bond motifs is 1. The number of amides is 3. The van der Waals surface area contributed by atoms with Crippen molar-refractivity contribution >= 4 is 23.3 Å². The van der Waals surface area contributed by atoms with Gasteiger partial charge in [0.15, 0.2) is 6.61 Å². The summed E-state index contributed by atoms with van der Waals surface area (Å²) in [7, 11) is 3.53. The fourth-order valence-electron chi connectivity index (χ4n) is 2.27. The minimum atomic E-state index is -0.242. The lowest BCUT2D eigenvalue weighted by atomic mass is 10.2. The number of carbonyl (C=O) groups excluding carboxylic acids is 2. The van der Waals surface area contributed by atoms with Crippen molar-refractivity contribution in [1.29, 1.82) is 0 Å². The highest BCUT2D eigenvalue weighted by atomic mass is 16.5. The molecule has 0 saturated heterocycles. The second kappa shape index (κ2) is 5.99. The predicted octanol–water partition coefficient (Wildman–Crippen LogP) is 1.41. The molecular weight excluding hydrogens is 298 g/mol. The molecule has 1 aromatic heterocycles. The second-order valence-electron chi connectivity index (χ2n) is 5.36. The summed E-state index contributed by atoms with van der Waals surface area (Å²) < 4.78 is 7.02. The first-order valence-electron chi connectivity index (χ1n) is 7.07. The van der Waals surface area contributed by atoms with Gasteiger partial charge < -0.3 is 20.3 Å². The summed E-state index contributed by atoms with van der Waals surface area (Å²) in [5, 5.41) is 9.57. The molecule has 1 aliphatic rings. The predicted molar refractivity (Wildman–Crippen MR) is 84.3 cm³/mol. The Morgan fingerprint density at radius 3 is 3.09 bits per heavy atom. The van der Waals surface area contributed by atoms with E-state index in [4.69, 9.17) is 4.74 Å². The van der Waals surface area contributed by atoms with E-state index in [-0.39, 0.29) is 18.5 Å². The molecule has 0 bridgehead atoms. The fourth-order valence-corrected chi connectivity index (χ4v) is 2.27. The van der Waals surface area contributed by atoms with E-state index in [1.807, 2.05) is 13.2 Å². The van der Waals surface area contributed by atoms with Gasteiger partial charge in [-0.2, -0.15) is 5.10 Å². The van der Waals surface area contributed by atoms with Gasteiger partial charge in [-0.1, -0.05) is 0 Å². The molecule has 2 heterocycles. The van der Waals surface area contributed by atoms with Gasteiger partial charge in [0.2, 0.25) is 0 Å². The molecule has 0 saturated carbocycles. The van der Waals surface area contributed by atoms with Crippen LogP contribution in [0.4, 0.5) is 16.2 Å². The number of urea groups is 1. The topological polar surface area (TPSA) is 88.5 Å². The number of nitrogens with zero attached hydrogens (tertiary/aromatic N) is 3. The molecule has 2 aromatic rings. The van der Waals surface area contributed by atoms with E-state index in [2.05, 4.69) is 15.7 Å². The van der Waals surface area contributed by atoms with Gasteiger partial charge in [-0.25, -0.2) is 4.79 Å². The summed E-state index contributed by atoms with van der Waals surface area (Å²) in [6.45, 7) is 0.433. The van der Waals surface area contributed by atoms with Crippen molar-refractivity contribution in [3.63, 3.8) is 0 Å². The molecule has 23 heavy (non-hydrogen) atoms. The van der Waals surface area contributed by atoms with Crippen LogP contribution < -0.4 is 15.4 Å². The van der Waals surface area contributed by atoms with Gasteiger partial charge in [0, 0.05) is 37.6 Å². The molecule has 8 nitrogen and oxygen atoms in total. The van der Waals surface area contributed by atoms with Crippen LogP contribution in [-0.2, 0) is 18.4 Å². The zero-order valence-electron chi connectivity index (χ0n) is 12.9. The molecule has 0 aliphatic carbocycles. The number of carbonyl (C=O) groups is 2. The van der Waals surface area contributed by atoms with E-state index in [1.165, 1.54) is 0 Å². The summed E-state index contributed by atoms with van der Waals surface area (Å²) >= 11 is 0. The molecular formula is C15H17N5O3. The fraction of sp³-hybridized carbons (Fsp3) is 0.267. The number of anilines is 2. The first-order valence-corrected chi connectivity index (χ1v) is 7.07. The van der Waals surface area contributed by atoms with Crippen LogP contribution in [0.1, 0.15) is 5.56 Å². The molecule has 0 spiro atoms. The maximum absolute atomic E-state index is 12.2. The van der Waals surface area contributed by atoms with Gasteiger partial charge in [0.1, 0.15) is 5.75 Å². The van der Waals surface area contributed by atoms with Crippen LogP contribution in [-0.4, -0.2) is 40.3 Å². The molecule has 3 amide bonds. The number of benzene rings is 1. The first-order chi connectivity index (χ1) is 11.0. The zero-order chi connectivity index (χ0) is 16.4. The van der Waals surface area contributed by atoms with Crippen molar-refractivity contribution in [2.75, 3.05) is 24.3 Å². The van der Waals surface area contributed by atoms with Gasteiger partial charge in [0.25, 0.3) is 5.91 Å². The SMILES string of the molecule is CN(Cc1cnn(C)c1)C(=O)Nc1ccc2c(c1)OCC(=O)N2. The molecule has 0 fully saturated rings. The molecule has 0 unspecified atom stereocenters. The summed E-state index contributed by atoms with van der Waals surface area (Å²) in [6, 6.07) is 4.85. The number of hydrogen-bond donors (Lipinski definition) is 2. The maximum atomic E-state index is 12.2. The van der Waals surface area contributed by atoms with E-state index >= 15 is 0 Å². The van der Waals surface area contributed by atoms with E-state index in [0.29, 0.717) is 23.7 Å². The van der Waals surface area contributed by atoms with Gasteiger partial charge in [0.05, 0.1) is 18.4 Å². The van der Waals surface area contributed by atoms with Crippen LogP contribution in [0.5, 0.6) is 5.75 Å². The third kappa shape index (κ3) is 3.42. The third-order valence-corrected chi connectivity index (χ3v) is 3.39. The Bertz CT molecular complexity index is 755. The van der Waals surface area contributed by atoms with Gasteiger partial charge in [-0.15, -0.1) is 0 Å². The Labute approximate surface area is 133 Å². The van der Waals surface area contributed by atoms with E-state index in [1.54, 1.807) is 41.0 Å². The van der Waals surface area contributed by atoms with E-state index in [9.17, 15) is 9.59 Å². The highest BCUT2D eigenvalue weighted by molar-refractivity contribution is 5.96. The summed E-state index contributed by atoms with van der Waals surface area (Å²) in [5.41, 5.74) is 2.15. The Hall–Kier alpha value is -3.03. The van der Waals surface area contributed by atoms with Gasteiger partial charge in [-0.3, -0.25) is 9.48 Å². The highest BCUT2D eigenvalue weighted by Crippen LogP contribution is 2.30. The minimum Gasteiger partial charge on any atom is -0.482 e. The van der Waals surface area contributed by atoms with Crippen LogP contribution in [0, 0.1) is 0 Å². The van der Waals surface area contributed by atoms with E-state index < -0.39 is 0 Å². The smallest absolute Gasteiger partial charge is 0.321 e. The average Bonchev–Trinajstić information content (AvgIpc) is 2.92. The normalized spacial score (nSPS) is 12.9. The molecule has 1 aromatic carbocycles. The van der Waals surface area contributed by atoms with Crippen LogP contribution in [0.15, 0.2) is 30.6 Å². The van der Waals surface area contributed by atoms with E-state index in [0.717, 1.165) is 5.56 Å². The van der Waals surface area contributed by atoms with Crippen molar-refractivity contribution in [3.8, 4) is 5.75 Å². The second-order valence-corrected chi connectivity index (χ2v) is 5.36. The lowest BCUT2D eigenvalue weighted by molar-refractivity contribution is -0.118. The Balaban J connectivity index is 1.64. The summed E-state index contributed by atoms with van der Waals surface area (Å²) in [4.78, 5) is 25.0. The van der Waals surface area contributed by atoms with Crippen molar-refractivity contribution in [3.05, 3.63) is 36.2 Å². The molecule has 3 rings (SSSR count). The number of ether oxygens (including phenoxy) is 1. The minimum absolute atomic E-state index is 0.0225. The zero-order valence-corrected chi connectivity index (χ0v) is 12.9. The van der Waals surface area contributed by atoms with Crippen LogP contribution in [0.2, 0.25) is 0 Å². The van der Waals surface area contributed by atoms with Crippen molar-refractivity contribution in [2.45, 2.75) is 6.54 Å². The Kier molecular flexibility index (Phi) is 3.88. The quantitative estimate of drug-likeness (QED) is 0.896. The molecule has 2 N–H and O–H groups in total. The van der Waals surface area contributed by atoms with Crippen molar-refractivity contribution < 1.29 is 14.3 Å². The number of rotatable bonds is 3.